The lowest BCUT2D eigenvalue weighted by Gasteiger charge is -2.07. The predicted octanol–water partition coefficient (Wildman–Crippen LogP) is 2.96. The van der Waals surface area contributed by atoms with E-state index in [-0.39, 0.29) is 5.69 Å². The van der Waals surface area contributed by atoms with Crippen LogP contribution in [0.25, 0.3) is 0 Å². The van der Waals surface area contributed by atoms with Crippen LogP contribution in [0.2, 0.25) is 0 Å². The number of hydrogen-bond acceptors (Lipinski definition) is 4. The molecule has 0 spiro atoms. The van der Waals surface area contributed by atoms with E-state index < -0.39 is 10.7 Å². The number of halogens is 1. The van der Waals surface area contributed by atoms with Crippen molar-refractivity contribution in [2.24, 2.45) is 5.92 Å². The Morgan fingerprint density at radius 2 is 2.26 bits per heavy atom. The van der Waals surface area contributed by atoms with Gasteiger partial charge in [-0.25, -0.2) is 4.39 Å². The number of anilines is 1. The first-order chi connectivity index (χ1) is 9.16. The van der Waals surface area contributed by atoms with Gasteiger partial charge in [0.1, 0.15) is 11.5 Å². The van der Waals surface area contributed by atoms with Gasteiger partial charge in [0.15, 0.2) is 0 Å². The Morgan fingerprint density at radius 3 is 2.95 bits per heavy atom. The van der Waals surface area contributed by atoms with Crippen LogP contribution < -0.4 is 5.32 Å². The lowest BCUT2D eigenvalue weighted by atomic mass is 10.2. The van der Waals surface area contributed by atoms with Crippen molar-refractivity contribution in [3.05, 3.63) is 34.1 Å². The van der Waals surface area contributed by atoms with Gasteiger partial charge in [0.25, 0.3) is 5.69 Å². The first kappa shape index (κ1) is 13.7. The van der Waals surface area contributed by atoms with Gasteiger partial charge in [-0.05, 0) is 37.3 Å². The monoisotopic (exact) mass is 268 g/mol. The summed E-state index contributed by atoms with van der Waals surface area (Å²) >= 11 is 0. The van der Waals surface area contributed by atoms with Crippen molar-refractivity contribution in [1.82, 2.24) is 0 Å². The zero-order valence-electron chi connectivity index (χ0n) is 10.6. The normalized spacial score (nSPS) is 14.4. The molecule has 2 rings (SSSR count). The van der Waals surface area contributed by atoms with E-state index in [9.17, 15) is 14.5 Å². The molecular weight excluding hydrogens is 251 g/mol. The van der Waals surface area contributed by atoms with Crippen LogP contribution in [0.4, 0.5) is 15.8 Å². The van der Waals surface area contributed by atoms with Gasteiger partial charge in [-0.1, -0.05) is 0 Å². The Hall–Kier alpha value is -1.69. The van der Waals surface area contributed by atoms with Crippen LogP contribution >= 0.6 is 0 Å². The molecule has 1 aromatic carbocycles. The SMILES string of the molecule is O=[N+]([O-])c1cc(F)ccc1NCCCOCC1CC1. The Bertz CT molecular complexity index is 450. The first-order valence-corrected chi connectivity index (χ1v) is 6.42. The third-order valence-corrected chi connectivity index (χ3v) is 2.99. The highest BCUT2D eigenvalue weighted by Crippen LogP contribution is 2.28. The Morgan fingerprint density at radius 1 is 1.47 bits per heavy atom. The lowest BCUT2D eigenvalue weighted by molar-refractivity contribution is -0.384. The zero-order valence-corrected chi connectivity index (χ0v) is 10.6. The molecule has 0 bridgehead atoms. The summed E-state index contributed by atoms with van der Waals surface area (Å²) in [5, 5.41) is 13.7. The molecule has 0 atom stereocenters. The Balaban J connectivity index is 1.73. The van der Waals surface area contributed by atoms with Crippen LogP contribution in [0.3, 0.4) is 0 Å². The molecular formula is C13H17FN2O3. The van der Waals surface area contributed by atoms with Crippen LogP contribution in [0.5, 0.6) is 0 Å². The molecule has 1 aliphatic rings. The molecule has 1 N–H and O–H groups in total. The molecule has 19 heavy (non-hydrogen) atoms. The molecule has 1 aromatic rings. The van der Waals surface area contributed by atoms with Crippen molar-refractivity contribution in [3.63, 3.8) is 0 Å². The van der Waals surface area contributed by atoms with E-state index in [2.05, 4.69) is 5.32 Å². The van der Waals surface area contributed by atoms with Gasteiger partial charge >= 0.3 is 0 Å². The number of hydrogen-bond donors (Lipinski definition) is 1. The van der Waals surface area contributed by atoms with Crippen molar-refractivity contribution in [2.45, 2.75) is 19.3 Å². The van der Waals surface area contributed by atoms with Gasteiger partial charge in [0, 0.05) is 19.8 Å². The lowest BCUT2D eigenvalue weighted by Crippen LogP contribution is -2.08. The van der Waals surface area contributed by atoms with Crippen molar-refractivity contribution >= 4 is 11.4 Å². The van der Waals surface area contributed by atoms with Crippen molar-refractivity contribution in [2.75, 3.05) is 25.1 Å². The molecule has 0 unspecified atom stereocenters. The maximum atomic E-state index is 12.9. The van der Waals surface area contributed by atoms with E-state index in [0.29, 0.717) is 18.8 Å². The summed E-state index contributed by atoms with van der Waals surface area (Å²) in [6, 6.07) is 3.52. The summed E-state index contributed by atoms with van der Waals surface area (Å²) < 4.78 is 18.4. The third kappa shape index (κ3) is 4.48. The molecule has 104 valence electrons. The fourth-order valence-corrected chi connectivity index (χ4v) is 1.74. The van der Waals surface area contributed by atoms with E-state index in [4.69, 9.17) is 4.74 Å². The quantitative estimate of drug-likeness (QED) is 0.447. The largest absolute Gasteiger partial charge is 0.381 e. The zero-order chi connectivity index (χ0) is 13.7. The van der Waals surface area contributed by atoms with E-state index in [1.165, 1.54) is 25.0 Å². The molecule has 1 aliphatic carbocycles. The van der Waals surface area contributed by atoms with Crippen LogP contribution in [-0.4, -0.2) is 24.7 Å². The first-order valence-electron chi connectivity index (χ1n) is 6.42. The summed E-state index contributed by atoms with van der Waals surface area (Å²) in [6.07, 6.45) is 3.29. The predicted molar refractivity (Wildman–Crippen MR) is 69.7 cm³/mol. The van der Waals surface area contributed by atoms with Crippen LogP contribution in [0.1, 0.15) is 19.3 Å². The second-order valence-electron chi connectivity index (χ2n) is 4.72. The smallest absolute Gasteiger partial charge is 0.295 e. The van der Waals surface area contributed by atoms with E-state index in [1.807, 2.05) is 0 Å². The number of nitrogens with zero attached hydrogens (tertiary/aromatic N) is 1. The van der Waals surface area contributed by atoms with Crippen LogP contribution in [0.15, 0.2) is 18.2 Å². The summed E-state index contributed by atoms with van der Waals surface area (Å²) in [7, 11) is 0. The maximum absolute atomic E-state index is 12.9. The summed E-state index contributed by atoms with van der Waals surface area (Å²) in [4.78, 5) is 10.2. The summed E-state index contributed by atoms with van der Waals surface area (Å²) in [5.74, 6) is 0.135. The van der Waals surface area contributed by atoms with Gasteiger partial charge in [-0.2, -0.15) is 0 Å². The van der Waals surface area contributed by atoms with Gasteiger partial charge in [0.05, 0.1) is 11.0 Å². The van der Waals surface area contributed by atoms with Gasteiger partial charge in [-0.15, -0.1) is 0 Å². The fourth-order valence-electron chi connectivity index (χ4n) is 1.74. The van der Waals surface area contributed by atoms with Crippen molar-refractivity contribution in [3.8, 4) is 0 Å². The molecule has 0 radical (unpaired) electrons. The molecule has 0 amide bonds. The standard InChI is InChI=1S/C13H17FN2O3/c14-11-4-5-12(13(8-11)16(17)18)15-6-1-7-19-9-10-2-3-10/h4-5,8,10,15H,1-3,6-7,9H2. The molecule has 1 fully saturated rings. The molecule has 0 aliphatic heterocycles. The topological polar surface area (TPSA) is 64.4 Å². The minimum absolute atomic E-state index is 0.237. The van der Waals surface area contributed by atoms with Crippen molar-refractivity contribution in [1.29, 1.82) is 0 Å². The maximum Gasteiger partial charge on any atom is 0.295 e. The summed E-state index contributed by atoms with van der Waals surface area (Å²) in [5.41, 5.74) is 0.104. The minimum atomic E-state index is -0.606. The van der Waals surface area contributed by atoms with Gasteiger partial charge in [0.2, 0.25) is 0 Å². The summed E-state index contributed by atoms with van der Waals surface area (Å²) in [6.45, 7) is 2.02. The van der Waals surface area contributed by atoms with E-state index in [1.54, 1.807) is 0 Å². The van der Waals surface area contributed by atoms with Gasteiger partial charge in [-0.3, -0.25) is 10.1 Å². The van der Waals surface area contributed by atoms with E-state index >= 15 is 0 Å². The molecule has 0 aromatic heterocycles. The number of nitro benzene ring substituents is 1. The Kier molecular flexibility index (Phi) is 4.68. The van der Waals surface area contributed by atoms with E-state index in [0.717, 1.165) is 25.0 Å². The average molecular weight is 268 g/mol. The number of ether oxygens (including phenoxy) is 1. The van der Waals surface area contributed by atoms with Gasteiger partial charge < -0.3 is 10.1 Å². The molecule has 0 saturated heterocycles. The number of rotatable bonds is 8. The fraction of sp³-hybridized carbons (Fsp3) is 0.538. The van der Waals surface area contributed by atoms with Crippen LogP contribution in [-0.2, 0) is 4.74 Å². The number of nitrogens with one attached hydrogen (secondary N) is 1. The average Bonchev–Trinajstić information content (AvgIpc) is 3.19. The molecule has 6 heteroatoms. The van der Waals surface area contributed by atoms with Crippen molar-refractivity contribution < 1.29 is 14.1 Å². The molecule has 5 nitrogen and oxygen atoms in total. The number of nitro groups is 1. The highest BCUT2D eigenvalue weighted by atomic mass is 19.1. The third-order valence-electron chi connectivity index (χ3n) is 2.99. The van der Waals surface area contributed by atoms with Crippen LogP contribution in [0, 0.1) is 21.8 Å². The molecule has 0 heterocycles. The highest BCUT2D eigenvalue weighted by molar-refractivity contribution is 5.61. The highest BCUT2D eigenvalue weighted by Gasteiger charge is 2.20. The molecule has 1 saturated carbocycles. The minimum Gasteiger partial charge on any atom is -0.381 e. The number of benzene rings is 1. The second kappa shape index (κ2) is 6.47. The second-order valence-corrected chi connectivity index (χ2v) is 4.72. The Labute approximate surface area is 110 Å².